The minimum atomic E-state index is -2.29. The highest BCUT2D eigenvalue weighted by Gasteiger charge is 2.27. The first-order valence-corrected chi connectivity index (χ1v) is 8.81. The van der Waals surface area contributed by atoms with Gasteiger partial charge in [0.25, 0.3) is 0 Å². The third kappa shape index (κ3) is 4.57. The molecule has 0 aliphatic heterocycles. The molecule has 162 valence electrons. The molecule has 3 rings (SSSR count). The number of ether oxygens (including phenoxy) is 1. The predicted octanol–water partition coefficient (Wildman–Crippen LogP) is 5.04. The molecule has 0 saturated heterocycles. The second-order valence-electron chi connectivity index (χ2n) is 6.38. The maximum absolute atomic E-state index is 13.8. The molecule has 0 spiro atoms. The fourth-order valence-corrected chi connectivity index (χ4v) is 2.70. The minimum Gasteiger partial charge on any atom is -0.497 e. The van der Waals surface area contributed by atoms with E-state index < -0.39 is 47.0 Å². The number of aromatic nitrogens is 1. The van der Waals surface area contributed by atoms with Gasteiger partial charge in [0.05, 0.1) is 13.5 Å². The van der Waals surface area contributed by atoms with Crippen LogP contribution in [0.25, 0.3) is 12.2 Å². The lowest BCUT2D eigenvalue weighted by atomic mass is 10.1. The summed E-state index contributed by atoms with van der Waals surface area (Å²) in [6.07, 6.45) is 2.10. The maximum Gasteiger partial charge on any atom is 0.229 e. The number of nitrogens with zero attached hydrogens (tertiary/aromatic N) is 1. The fraction of sp³-hybridized carbons (Fsp3) is 0.143. The Morgan fingerprint density at radius 1 is 1.00 bits per heavy atom. The molecule has 0 saturated carbocycles. The van der Waals surface area contributed by atoms with E-state index in [0.29, 0.717) is 5.75 Å². The molecular formula is C21H15F5N2O3. The molecule has 31 heavy (non-hydrogen) atoms. The zero-order valence-corrected chi connectivity index (χ0v) is 16.2. The van der Waals surface area contributed by atoms with Gasteiger partial charge in [-0.1, -0.05) is 23.4 Å². The van der Waals surface area contributed by atoms with Gasteiger partial charge in [-0.15, -0.1) is 0 Å². The van der Waals surface area contributed by atoms with Gasteiger partial charge in [0.15, 0.2) is 29.0 Å². The van der Waals surface area contributed by atoms with Crippen molar-refractivity contribution < 1.29 is 36.0 Å². The third-order valence-electron chi connectivity index (χ3n) is 4.34. The van der Waals surface area contributed by atoms with E-state index in [1.807, 2.05) is 0 Å². The van der Waals surface area contributed by atoms with Crippen molar-refractivity contribution >= 4 is 23.7 Å². The van der Waals surface area contributed by atoms with Gasteiger partial charge < -0.3 is 14.6 Å². The van der Waals surface area contributed by atoms with Crippen molar-refractivity contribution in [3.8, 4) is 5.75 Å². The van der Waals surface area contributed by atoms with Gasteiger partial charge in [-0.2, -0.15) is 0 Å². The third-order valence-corrected chi connectivity index (χ3v) is 4.34. The highest BCUT2D eigenvalue weighted by atomic mass is 19.2. The molecule has 1 aromatic heterocycles. The Labute approximate surface area is 173 Å². The van der Waals surface area contributed by atoms with E-state index in [1.165, 1.54) is 20.1 Å². The number of hydrogen-bond donors (Lipinski definition) is 1. The predicted molar refractivity (Wildman–Crippen MR) is 102 cm³/mol. The van der Waals surface area contributed by atoms with Gasteiger partial charge in [-0.05, 0) is 30.7 Å². The Bertz CT molecular complexity index is 1130. The normalized spacial score (nSPS) is 11.2. The van der Waals surface area contributed by atoms with Crippen LogP contribution < -0.4 is 10.1 Å². The summed E-state index contributed by atoms with van der Waals surface area (Å²) in [5.74, 6) is -10.8. The summed E-state index contributed by atoms with van der Waals surface area (Å²) < 4.78 is 77.5. The quantitative estimate of drug-likeness (QED) is 0.333. The molecule has 5 nitrogen and oxygen atoms in total. The number of halogens is 5. The SMILES string of the molecule is COc1ccc(/C=C/c2noc(C)c2NC(=O)Cc2c(F)c(F)c(F)c(F)c2F)cc1. The lowest BCUT2D eigenvalue weighted by molar-refractivity contribution is -0.115. The van der Waals surface area contributed by atoms with E-state index in [9.17, 15) is 26.7 Å². The maximum atomic E-state index is 13.8. The van der Waals surface area contributed by atoms with E-state index in [4.69, 9.17) is 9.26 Å². The first-order chi connectivity index (χ1) is 14.7. The Balaban J connectivity index is 1.80. The van der Waals surface area contributed by atoms with E-state index in [2.05, 4.69) is 10.5 Å². The molecule has 2 aromatic carbocycles. The highest BCUT2D eigenvalue weighted by molar-refractivity contribution is 5.95. The Morgan fingerprint density at radius 2 is 1.58 bits per heavy atom. The van der Waals surface area contributed by atoms with Crippen LogP contribution in [0, 0.1) is 36.0 Å². The Hall–Kier alpha value is -3.69. The number of hydrogen-bond acceptors (Lipinski definition) is 4. The molecule has 1 amide bonds. The lowest BCUT2D eigenvalue weighted by Gasteiger charge is -2.09. The van der Waals surface area contributed by atoms with Crippen LogP contribution in [-0.4, -0.2) is 18.2 Å². The van der Waals surface area contributed by atoms with Crippen molar-refractivity contribution in [2.24, 2.45) is 0 Å². The zero-order chi connectivity index (χ0) is 22.7. The molecule has 0 fully saturated rings. The van der Waals surface area contributed by atoms with Gasteiger partial charge in [-0.3, -0.25) is 4.79 Å². The molecule has 1 heterocycles. The number of carbonyl (C=O) groups is 1. The van der Waals surface area contributed by atoms with Crippen LogP contribution in [0.4, 0.5) is 27.6 Å². The van der Waals surface area contributed by atoms with Crippen LogP contribution in [0.5, 0.6) is 5.75 Å². The van der Waals surface area contributed by atoms with Crippen molar-refractivity contribution in [2.75, 3.05) is 12.4 Å². The van der Waals surface area contributed by atoms with Gasteiger partial charge in [-0.25, -0.2) is 22.0 Å². The number of aryl methyl sites for hydroxylation is 1. The highest BCUT2D eigenvalue weighted by Crippen LogP contribution is 2.26. The summed E-state index contributed by atoms with van der Waals surface area (Å²) >= 11 is 0. The summed E-state index contributed by atoms with van der Waals surface area (Å²) in [5.41, 5.74) is -0.170. The summed E-state index contributed by atoms with van der Waals surface area (Å²) in [7, 11) is 1.53. The molecule has 0 bridgehead atoms. The number of methoxy groups -OCH3 is 1. The second-order valence-corrected chi connectivity index (χ2v) is 6.38. The van der Waals surface area contributed by atoms with E-state index in [1.54, 1.807) is 30.3 Å². The summed E-state index contributed by atoms with van der Waals surface area (Å²) in [6, 6.07) is 7.01. The van der Waals surface area contributed by atoms with Crippen LogP contribution in [0.2, 0.25) is 0 Å². The molecule has 0 aliphatic rings. The fourth-order valence-electron chi connectivity index (χ4n) is 2.70. The molecule has 1 N–H and O–H groups in total. The van der Waals surface area contributed by atoms with Crippen molar-refractivity contribution in [3.05, 3.63) is 75.9 Å². The molecule has 3 aromatic rings. The number of rotatable bonds is 6. The first-order valence-electron chi connectivity index (χ1n) is 8.81. The van der Waals surface area contributed by atoms with E-state index in [-0.39, 0.29) is 17.1 Å². The van der Waals surface area contributed by atoms with Crippen molar-refractivity contribution in [1.82, 2.24) is 5.16 Å². The van der Waals surface area contributed by atoms with Gasteiger partial charge in [0.1, 0.15) is 17.1 Å². The standard InChI is InChI=1S/C21H15F5N2O3/c1-10-21(14(28-31-10)8-5-11-3-6-12(30-2)7-4-11)27-15(29)9-13-16(22)18(24)20(26)19(25)17(13)23/h3-8H,9H2,1-2H3,(H,27,29)/b8-5+. The number of benzene rings is 2. The number of carbonyl (C=O) groups excluding carboxylic acids is 1. The van der Waals surface area contributed by atoms with Crippen LogP contribution in [0.15, 0.2) is 28.8 Å². The van der Waals surface area contributed by atoms with E-state index >= 15 is 0 Å². The average Bonchev–Trinajstić information content (AvgIpc) is 3.12. The number of anilines is 1. The summed E-state index contributed by atoms with van der Waals surface area (Å²) in [6.45, 7) is 1.48. The number of amides is 1. The van der Waals surface area contributed by atoms with E-state index in [0.717, 1.165) is 5.56 Å². The minimum absolute atomic E-state index is 0.0960. The summed E-state index contributed by atoms with van der Waals surface area (Å²) in [5, 5.41) is 6.11. The van der Waals surface area contributed by atoms with Crippen LogP contribution in [0.1, 0.15) is 22.6 Å². The summed E-state index contributed by atoms with van der Waals surface area (Å²) in [4.78, 5) is 12.3. The Kier molecular flexibility index (Phi) is 6.38. The van der Waals surface area contributed by atoms with Crippen LogP contribution in [-0.2, 0) is 11.2 Å². The topological polar surface area (TPSA) is 64.4 Å². The average molecular weight is 438 g/mol. The molecule has 0 unspecified atom stereocenters. The van der Waals surface area contributed by atoms with Gasteiger partial charge in [0, 0.05) is 5.56 Å². The smallest absolute Gasteiger partial charge is 0.229 e. The number of nitrogens with one attached hydrogen (secondary N) is 1. The first kappa shape index (κ1) is 22.0. The van der Waals surface area contributed by atoms with Crippen molar-refractivity contribution in [1.29, 1.82) is 0 Å². The zero-order valence-electron chi connectivity index (χ0n) is 16.2. The largest absolute Gasteiger partial charge is 0.497 e. The van der Waals surface area contributed by atoms with Crippen LogP contribution >= 0.6 is 0 Å². The monoisotopic (exact) mass is 438 g/mol. The van der Waals surface area contributed by atoms with Gasteiger partial charge >= 0.3 is 0 Å². The van der Waals surface area contributed by atoms with Crippen molar-refractivity contribution in [3.63, 3.8) is 0 Å². The van der Waals surface area contributed by atoms with Crippen molar-refractivity contribution in [2.45, 2.75) is 13.3 Å². The molecule has 0 aliphatic carbocycles. The van der Waals surface area contributed by atoms with Crippen LogP contribution in [0.3, 0.4) is 0 Å². The molecule has 0 atom stereocenters. The molecular weight excluding hydrogens is 423 g/mol. The second kappa shape index (κ2) is 8.99. The van der Waals surface area contributed by atoms with Gasteiger partial charge in [0.2, 0.25) is 11.7 Å². The Morgan fingerprint density at radius 3 is 2.16 bits per heavy atom. The molecule has 10 heteroatoms. The molecule has 0 radical (unpaired) electrons. The lowest BCUT2D eigenvalue weighted by Crippen LogP contribution is -2.19.